The molecule has 0 unspecified atom stereocenters. The highest BCUT2D eigenvalue weighted by Gasteiger charge is 2.33. The van der Waals surface area contributed by atoms with Crippen LogP contribution in [0.1, 0.15) is 31.9 Å². The zero-order valence-corrected chi connectivity index (χ0v) is 15.6. The minimum Gasteiger partial charge on any atom is -0.452 e. The van der Waals surface area contributed by atoms with Crippen molar-refractivity contribution in [2.24, 2.45) is 5.92 Å². The maximum atomic E-state index is 12.8. The van der Waals surface area contributed by atoms with Gasteiger partial charge in [0.1, 0.15) is 5.54 Å². The van der Waals surface area contributed by atoms with Crippen LogP contribution in [0.25, 0.3) is 6.08 Å². The van der Waals surface area contributed by atoms with Gasteiger partial charge in [-0.3, -0.25) is 4.79 Å². The average Bonchev–Trinajstić information content (AvgIpc) is 2.57. The fraction of sp³-hybridized carbons (Fsp3) is 0.389. The zero-order valence-electron chi connectivity index (χ0n) is 14.9. The Morgan fingerprint density at radius 1 is 1.37 bits per heavy atom. The smallest absolute Gasteiger partial charge is 0.417 e. The number of carbonyl (C=O) groups is 2. The normalized spacial score (nSPS) is 13.9. The molecule has 1 aromatic carbocycles. The van der Waals surface area contributed by atoms with Crippen LogP contribution in [0.5, 0.6) is 0 Å². The van der Waals surface area contributed by atoms with Crippen molar-refractivity contribution in [3.8, 4) is 6.07 Å². The summed E-state index contributed by atoms with van der Waals surface area (Å²) >= 11 is 5.51. The van der Waals surface area contributed by atoms with E-state index < -0.39 is 40.8 Å². The molecule has 0 aliphatic heterocycles. The molecule has 27 heavy (non-hydrogen) atoms. The van der Waals surface area contributed by atoms with Crippen LogP contribution in [0.3, 0.4) is 0 Å². The van der Waals surface area contributed by atoms with Gasteiger partial charge >= 0.3 is 12.1 Å². The van der Waals surface area contributed by atoms with E-state index >= 15 is 0 Å². The molecule has 0 aliphatic rings. The van der Waals surface area contributed by atoms with Crippen molar-refractivity contribution in [2.75, 3.05) is 6.61 Å². The fourth-order valence-electron chi connectivity index (χ4n) is 1.84. The largest absolute Gasteiger partial charge is 0.452 e. The molecule has 0 aromatic heterocycles. The first-order valence-electron chi connectivity index (χ1n) is 7.83. The lowest BCUT2D eigenvalue weighted by Gasteiger charge is -2.27. The number of rotatable bonds is 6. The standard InChI is InChI=1S/C18H18ClF3N2O3/c1-11(2)17(3,10-23)24-15(25)9-27-16(26)7-5-12-4-6-14(19)13(8-12)18(20,21)22/h4-8,11H,9H2,1-3H3,(H,24,25)/b7-5+/t17-/m0/s1. The number of nitrogens with zero attached hydrogens (tertiary/aromatic N) is 1. The number of ether oxygens (including phenoxy) is 1. The molecule has 0 spiro atoms. The topological polar surface area (TPSA) is 79.2 Å². The number of benzene rings is 1. The molecular weight excluding hydrogens is 385 g/mol. The van der Waals surface area contributed by atoms with Gasteiger partial charge in [-0.15, -0.1) is 0 Å². The molecule has 1 amide bonds. The third-order valence-corrected chi connectivity index (χ3v) is 4.17. The molecule has 0 fully saturated rings. The monoisotopic (exact) mass is 402 g/mol. The number of alkyl halides is 3. The van der Waals surface area contributed by atoms with Crippen molar-refractivity contribution in [3.05, 3.63) is 40.4 Å². The van der Waals surface area contributed by atoms with Gasteiger partial charge in [0.2, 0.25) is 0 Å². The van der Waals surface area contributed by atoms with Crippen LogP contribution >= 0.6 is 11.6 Å². The number of nitriles is 1. The maximum absolute atomic E-state index is 12.8. The van der Waals surface area contributed by atoms with Gasteiger partial charge in [-0.1, -0.05) is 31.5 Å². The van der Waals surface area contributed by atoms with Crippen molar-refractivity contribution < 1.29 is 27.5 Å². The molecule has 0 saturated carbocycles. The molecule has 1 atom stereocenters. The molecule has 0 saturated heterocycles. The number of halogens is 4. The predicted octanol–water partition coefficient (Wildman–Crippen LogP) is 3.97. The van der Waals surface area contributed by atoms with Gasteiger partial charge in [-0.25, -0.2) is 4.79 Å². The summed E-state index contributed by atoms with van der Waals surface area (Å²) in [5.74, 6) is -1.76. The summed E-state index contributed by atoms with van der Waals surface area (Å²) < 4.78 is 43.1. The average molecular weight is 403 g/mol. The van der Waals surface area contributed by atoms with E-state index in [1.807, 2.05) is 6.07 Å². The quantitative estimate of drug-likeness (QED) is 0.576. The van der Waals surface area contributed by atoms with Crippen molar-refractivity contribution >= 4 is 29.6 Å². The first-order valence-corrected chi connectivity index (χ1v) is 8.20. The van der Waals surface area contributed by atoms with Crippen LogP contribution in [0.15, 0.2) is 24.3 Å². The summed E-state index contributed by atoms with van der Waals surface area (Å²) in [6.45, 7) is 4.41. The second-order valence-corrected chi connectivity index (χ2v) is 6.60. The van der Waals surface area contributed by atoms with E-state index in [4.69, 9.17) is 21.6 Å². The summed E-state index contributed by atoms with van der Waals surface area (Å²) in [6, 6.07) is 5.14. The van der Waals surface area contributed by atoms with E-state index in [1.54, 1.807) is 13.8 Å². The van der Waals surface area contributed by atoms with Crippen LogP contribution in [0.4, 0.5) is 13.2 Å². The Morgan fingerprint density at radius 3 is 2.52 bits per heavy atom. The van der Waals surface area contributed by atoms with Gasteiger partial charge in [-0.05, 0) is 36.6 Å². The highest BCUT2D eigenvalue weighted by atomic mass is 35.5. The summed E-state index contributed by atoms with van der Waals surface area (Å²) in [5.41, 5.74) is -2.05. The minimum atomic E-state index is -4.62. The van der Waals surface area contributed by atoms with E-state index in [-0.39, 0.29) is 11.5 Å². The van der Waals surface area contributed by atoms with Crippen LogP contribution < -0.4 is 5.32 Å². The van der Waals surface area contributed by atoms with Gasteiger partial charge in [0.05, 0.1) is 16.7 Å². The predicted molar refractivity (Wildman–Crippen MR) is 93.4 cm³/mol. The summed E-state index contributed by atoms with van der Waals surface area (Å²) in [7, 11) is 0. The molecule has 0 radical (unpaired) electrons. The number of carbonyl (C=O) groups excluding carboxylic acids is 2. The lowest BCUT2D eigenvalue weighted by atomic mass is 9.90. The van der Waals surface area contributed by atoms with Crippen LogP contribution in [0, 0.1) is 17.2 Å². The third-order valence-electron chi connectivity index (χ3n) is 3.84. The summed E-state index contributed by atoms with van der Waals surface area (Å²) in [5, 5.41) is 11.1. The van der Waals surface area contributed by atoms with Crippen molar-refractivity contribution in [1.82, 2.24) is 5.32 Å². The molecule has 0 aliphatic carbocycles. The second-order valence-electron chi connectivity index (χ2n) is 6.20. The molecule has 1 aromatic rings. The summed E-state index contributed by atoms with van der Waals surface area (Å²) in [6.07, 6.45) is -2.62. The van der Waals surface area contributed by atoms with E-state index in [0.29, 0.717) is 0 Å². The number of hydrogen-bond donors (Lipinski definition) is 1. The Hall–Kier alpha value is -2.53. The molecule has 1 rings (SSSR count). The first-order chi connectivity index (χ1) is 12.4. The number of esters is 1. The molecule has 0 heterocycles. The van der Waals surface area contributed by atoms with Gasteiger partial charge < -0.3 is 10.1 Å². The summed E-state index contributed by atoms with van der Waals surface area (Å²) in [4.78, 5) is 23.4. The Kier molecular flexibility index (Phi) is 7.43. The molecular formula is C18H18ClF3N2O3. The Morgan fingerprint density at radius 2 is 2.00 bits per heavy atom. The van der Waals surface area contributed by atoms with E-state index in [9.17, 15) is 22.8 Å². The van der Waals surface area contributed by atoms with Crippen molar-refractivity contribution in [3.63, 3.8) is 0 Å². The van der Waals surface area contributed by atoms with Gasteiger partial charge in [-0.2, -0.15) is 18.4 Å². The lowest BCUT2D eigenvalue weighted by Crippen LogP contribution is -2.50. The SMILES string of the molecule is CC(C)[C@](C)(C#N)NC(=O)COC(=O)/C=C/c1ccc(Cl)c(C(F)(F)F)c1. The van der Waals surface area contributed by atoms with Gasteiger partial charge in [0.25, 0.3) is 5.91 Å². The molecule has 0 bridgehead atoms. The molecule has 5 nitrogen and oxygen atoms in total. The highest BCUT2D eigenvalue weighted by Crippen LogP contribution is 2.35. The van der Waals surface area contributed by atoms with E-state index in [1.165, 1.54) is 13.0 Å². The molecule has 1 N–H and O–H groups in total. The third kappa shape index (κ3) is 6.61. The van der Waals surface area contributed by atoms with Gasteiger partial charge in [0.15, 0.2) is 6.61 Å². The number of nitrogens with one attached hydrogen (secondary N) is 1. The van der Waals surface area contributed by atoms with Crippen molar-refractivity contribution in [1.29, 1.82) is 5.26 Å². The maximum Gasteiger partial charge on any atom is 0.417 e. The minimum absolute atomic E-state index is 0.0880. The molecule has 146 valence electrons. The van der Waals surface area contributed by atoms with Crippen molar-refractivity contribution in [2.45, 2.75) is 32.5 Å². The Bertz CT molecular complexity index is 785. The Labute approximate surface area is 159 Å². The first kappa shape index (κ1) is 22.5. The van der Waals surface area contributed by atoms with Crippen LogP contribution in [-0.2, 0) is 20.5 Å². The number of hydrogen-bond acceptors (Lipinski definition) is 4. The zero-order chi connectivity index (χ0) is 20.8. The fourth-order valence-corrected chi connectivity index (χ4v) is 2.06. The van der Waals surface area contributed by atoms with Crippen LogP contribution in [-0.4, -0.2) is 24.0 Å². The van der Waals surface area contributed by atoms with E-state index in [0.717, 1.165) is 24.3 Å². The molecule has 9 heteroatoms. The van der Waals surface area contributed by atoms with Gasteiger partial charge in [0, 0.05) is 6.08 Å². The van der Waals surface area contributed by atoms with Crippen LogP contribution in [0.2, 0.25) is 5.02 Å². The lowest BCUT2D eigenvalue weighted by molar-refractivity contribution is -0.144. The second kappa shape index (κ2) is 8.91. The van der Waals surface area contributed by atoms with E-state index in [2.05, 4.69) is 5.32 Å². The highest BCUT2D eigenvalue weighted by molar-refractivity contribution is 6.31. The Balaban J connectivity index is 2.68. The number of amides is 1.